The lowest BCUT2D eigenvalue weighted by Gasteiger charge is -2.25. The summed E-state index contributed by atoms with van der Waals surface area (Å²) in [6, 6.07) is 8.45. The molecule has 2 N–H and O–H groups in total. The molecular weight excluding hydrogens is 599 g/mol. The molecule has 234 valence electrons. The molecule has 10 nitrogen and oxygen atoms in total. The number of alkyl carbamates (subject to hydrolysis) is 1. The summed E-state index contributed by atoms with van der Waals surface area (Å²) in [6.07, 6.45) is 6.21. The number of methoxy groups -OCH3 is 2. The third-order valence-electron chi connectivity index (χ3n) is 6.34. The molecular formula is C29H43N3O7S3. The Morgan fingerprint density at radius 3 is 2.43 bits per heavy atom. The Hall–Kier alpha value is -2.35. The highest BCUT2D eigenvalue weighted by Crippen LogP contribution is 2.32. The Balaban J connectivity index is 2.18. The quantitative estimate of drug-likeness (QED) is 0.125. The molecule has 1 aliphatic rings. The maximum absolute atomic E-state index is 13.5. The van der Waals surface area contributed by atoms with Crippen LogP contribution in [0.3, 0.4) is 0 Å². The highest BCUT2D eigenvalue weighted by molar-refractivity contribution is 8.82. The van der Waals surface area contributed by atoms with Crippen molar-refractivity contribution in [2.24, 2.45) is 0 Å². The summed E-state index contributed by atoms with van der Waals surface area (Å²) in [4.78, 5) is 52.0. The van der Waals surface area contributed by atoms with Crippen LogP contribution in [0.25, 0.3) is 0 Å². The minimum atomic E-state index is -0.713. The second-order valence-electron chi connectivity index (χ2n) is 10.7. The third kappa shape index (κ3) is 12.9. The van der Waals surface area contributed by atoms with E-state index in [2.05, 4.69) is 32.4 Å². The standard InChI is InChI=1S/C29H43N3O7S3/c1-29(2,3)39-27(35)30-22(19-41-42-28(36)38-5)13-10-15-32-18-21(20-11-8-7-9-12-20)17-24(32)25(33)31-23(14-16-40-6)26(34)37-4/h7-13,21-24H,14-19H2,1-6H3,(H,30,35)(H,31,33)/b13-10+/t21-,22+,23-,24-/m0/s1. The smallest absolute Gasteiger partial charge is 0.408 e. The van der Waals surface area contributed by atoms with Crippen LogP contribution in [0.4, 0.5) is 9.59 Å². The predicted octanol–water partition coefficient (Wildman–Crippen LogP) is 4.85. The Morgan fingerprint density at radius 2 is 1.81 bits per heavy atom. The van der Waals surface area contributed by atoms with Crippen molar-refractivity contribution < 1.29 is 33.4 Å². The summed E-state index contributed by atoms with van der Waals surface area (Å²) in [6.45, 7) is 6.44. The van der Waals surface area contributed by atoms with Gasteiger partial charge in [0.1, 0.15) is 11.6 Å². The Kier molecular flexibility index (Phi) is 15.7. The largest absolute Gasteiger partial charge is 0.467 e. The van der Waals surface area contributed by atoms with Crippen LogP contribution in [0.15, 0.2) is 42.5 Å². The van der Waals surface area contributed by atoms with Gasteiger partial charge in [-0.2, -0.15) is 11.8 Å². The van der Waals surface area contributed by atoms with E-state index in [-0.39, 0.29) is 11.8 Å². The van der Waals surface area contributed by atoms with Crippen LogP contribution in [-0.2, 0) is 23.8 Å². The summed E-state index contributed by atoms with van der Waals surface area (Å²) in [5, 5.41) is 5.33. The number of benzene rings is 1. The first kappa shape index (κ1) is 35.8. The molecule has 0 unspecified atom stereocenters. The van der Waals surface area contributed by atoms with Gasteiger partial charge < -0.3 is 24.8 Å². The number of thioether (sulfide) groups is 1. The van der Waals surface area contributed by atoms with Crippen LogP contribution in [0.5, 0.6) is 0 Å². The summed E-state index contributed by atoms with van der Waals surface area (Å²) in [5.41, 5.74) is 0.488. The van der Waals surface area contributed by atoms with E-state index in [1.54, 1.807) is 32.5 Å². The van der Waals surface area contributed by atoms with E-state index in [1.165, 1.54) is 25.0 Å². The van der Waals surface area contributed by atoms with Gasteiger partial charge in [0.15, 0.2) is 0 Å². The minimum absolute atomic E-state index is 0.140. The molecule has 0 spiro atoms. The zero-order chi connectivity index (χ0) is 31.1. The van der Waals surface area contributed by atoms with Gasteiger partial charge in [-0.1, -0.05) is 53.3 Å². The average molecular weight is 642 g/mol. The van der Waals surface area contributed by atoms with Crippen molar-refractivity contribution in [1.82, 2.24) is 15.5 Å². The lowest BCUT2D eigenvalue weighted by Crippen LogP contribution is -2.50. The van der Waals surface area contributed by atoms with Gasteiger partial charge in [0.25, 0.3) is 0 Å². The Bertz CT molecular complexity index is 1050. The van der Waals surface area contributed by atoms with Gasteiger partial charge in [-0.3, -0.25) is 9.69 Å². The number of nitrogens with zero attached hydrogens (tertiary/aromatic N) is 1. The molecule has 2 rings (SSSR count). The number of hydrogen-bond donors (Lipinski definition) is 2. The van der Waals surface area contributed by atoms with Crippen molar-refractivity contribution in [3.05, 3.63) is 48.0 Å². The number of amides is 2. The van der Waals surface area contributed by atoms with Gasteiger partial charge in [0.05, 0.1) is 26.3 Å². The van der Waals surface area contributed by atoms with Crippen LogP contribution in [0.1, 0.15) is 45.1 Å². The molecule has 1 fully saturated rings. The van der Waals surface area contributed by atoms with Crippen LogP contribution in [0, 0.1) is 0 Å². The number of carbonyl (C=O) groups excluding carboxylic acids is 4. The molecule has 0 aromatic heterocycles. The first-order valence-electron chi connectivity index (χ1n) is 13.7. The lowest BCUT2D eigenvalue weighted by atomic mass is 9.96. The topological polar surface area (TPSA) is 123 Å². The summed E-state index contributed by atoms with van der Waals surface area (Å²) >= 11 is 1.60. The van der Waals surface area contributed by atoms with E-state index in [0.717, 1.165) is 16.4 Å². The molecule has 2 amide bonds. The zero-order valence-electron chi connectivity index (χ0n) is 25.1. The predicted molar refractivity (Wildman–Crippen MR) is 171 cm³/mol. The fourth-order valence-electron chi connectivity index (χ4n) is 4.39. The van der Waals surface area contributed by atoms with E-state index in [0.29, 0.717) is 37.4 Å². The van der Waals surface area contributed by atoms with Gasteiger partial charge in [-0.25, -0.2) is 14.4 Å². The van der Waals surface area contributed by atoms with E-state index in [1.807, 2.05) is 36.6 Å². The molecule has 1 saturated heterocycles. The number of esters is 1. The number of rotatable bonds is 14. The van der Waals surface area contributed by atoms with Crippen molar-refractivity contribution in [2.45, 2.75) is 63.3 Å². The average Bonchev–Trinajstić information content (AvgIpc) is 3.38. The lowest BCUT2D eigenvalue weighted by molar-refractivity contribution is -0.145. The van der Waals surface area contributed by atoms with E-state index >= 15 is 0 Å². The molecule has 1 aromatic rings. The number of hydrogen-bond acceptors (Lipinski definition) is 11. The number of carbonyl (C=O) groups is 4. The Morgan fingerprint density at radius 1 is 1.10 bits per heavy atom. The molecule has 1 aromatic carbocycles. The maximum atomic E-state index is 13.5. The van der Waals surface area contributed by atoms with Gasteiger partial charge in [0.2, 0.25) is 5.91 Å². The zero-order valence-corrected chi connectivity index (χ0v) is 27.6. The van der Waals surface area contributed by atoms with Crippen molar-refractivity contribution >= 4 is 56.6 Å². The van der Waals surface area contributed by atoms with Crippen LogP contribution < -0.4 is 10.6 Å². The fourth-order valence-corrected chi connectivity index (χ4v) is 6.58. The van der Waals surface area contributed by atoms with Crippen LogP contribution in [-0.4, -0.2) is 97.0 Å². The molecule has 4 atom stereocenters. The van der Waals surface area contributed by atoms with E-state index in [9.17, 15) is 19.2 Å². The Labute approximate surface area is 261 Å². The first-order chi connectivity index (χ1) is 20.0. The van der Waals surface area contributed by atoms with Crippen molar-refractivity contribution in [3.63, 3.8) is 0 Å². The SMILES string of the molecule is COC(=O)SSC[C@@H](/C=C/CN1C[C@@H](c2ccccc2)C[C@H]1C(=O)N[C@@H](CCSC)C(=O)OC)NC(=O)OC(C)(C)C. The van der Waals surface area contributed by atoms with Crippen molar-refractivity contribution in [2.75, 3.05) is 45.1 Å². The van der Waals surface area contributed by atoms with Crippen LogP contribution >= 0.6 is 33.3 Å². The molecule has 1 heterocycles. The molecule has 1 aliphatic heterocycles. The maximum Gasteiger partial charge on any atom is 0.408 e. The van der Waals surface area contributed by atoms with Gasteiger partial charge >= 0.3 is 17.4 Å². The van der Waals surface area contributed by atoms with Crippen molar-refractivity contribution in [1.29, 1.82) is 0 Å². The third-order valence-corrected chi connectivity index (χ3v) is 9.07. The highest BCUT2D eigenvalue weighted by atomic mass is 33.1. The number of likely N-dealkylation sites (tertiary alicyclic amines) is 1. The van der Waals surface area contributed by atoms with Gasteiger partial charge in [0, 0.05) is 29.6 Å². The highest BCUT2D eigenvalue weighted by Gasteiger charge is 2.38. The molecule has 42 heavy (non-hydrogen) atoms. The second kappa shape index (κ2) is 18.3. The van der Waals surface area contributed by atoms with Crippen LogP contribution in [0.2, 0.25) is 0 Å². The first-order valence-corrected chi connectivity index (χ1v) is 17.4. The number of ether oxygens (including phenoxy) is 3. The molecule has 13 heteroatoms. The van der Waals surface area contributed by atoms with E-state index in [4.69, 9.17) is 9.47 Å². The summed E-state index contributed by atoms with van der Waals surface area (Å²) in [7, 11) is 4.84. The van der Waals surface area contributed by atoms with Gasteiger partial charge in [-0.05, 0) is 57.1 Å². The van der Waals surface area contributed by atoms with Crippen molar-refractivity contribution in [3.8, 4) is 0 Å². The molecule has 0 saturated carbocycles. The van der Waals surface area contributed by atoms with E-state index < -0.39 is 41.1 Å². The molecule has 0 radical (unpaired) electrons. The molecule has 0 bridgehead atoms. The number of nitrogens with one attached hydrogen (secondary N) is 2. The normalized spacial score (nSPS) is 18.7. The van der Waals surface area contributed by atoms with Gasteiger partial charge in [-0.15, -0.1) is 0 Å². The monoisotopic (exact) mass is 641 g/mol. The summed E-state index contributed by atoms with van der Waals surface area (Å²) < 4.78 is 15.0. The summed E-state index contributed by atoms with van der Waals surface area (Å²) in [5.74, 6) is 0.567. The fraction of sp³-hybridized carbons (Fsp3) is 0.586. The second-order valence-corrected chi connectivity index (χ2v) is 13.9. The molecule has 0 aliphatic carbocycles. The minimum Gasteiger partial charge on any atom is -0.467 e.